The third kappa shape index (κ3) is 2.06. The molecule has 0 saturated carbocycles. The zero-order valence-electron chi connectivity index (χ0n) is 6.29. The molecule has 0 aromatic carbocycles. The average molecular weight is 147 g/mol. The molecule has 0 aliphatic heterocycles. The van der Waals surface area contributed by atoms with Gasteiger partial charge in [0, 0.05) is 5.57 Å². The normalized spacial score (nSPS) is 28.0. The van der Waals surface area contributed by atoms with E-state index in [-0.39, 0.29) is 0 Å². The molecular formula is C9H9NO. The molecule has 0 spiro atoms. The summed E-state index contributed by atoms with van der Waals surface area (Å²) < 4.78 is 0. The number of allylic oxidation sites excluding steroid dienone is 3. The van der Waals surface area contributed by atoms with Crippen molar-refractivity contribution in [3.8, 4) is 11.8 Å². The van der Waals surface area contributed by atoms with Gasteiger partial charge in [-0.3, -0.25) is 4.79 Å². The number of hydrogen-bond donors (Lipinski definition) is 1. The first-order valence-corrected chi connectivity index (χ1v) is 3.30. The molecule has 0 aromatic rings. The quantitative estimate of drug-likeness (QED) is 0.431. The smallest absolute Gasteiger partial charge is 0.150 e. The van der Waals surface area contributed by atoms with Gasteiger partial charge in [-0.05, 0) is 13.0 Å². The predicted molar refractivity (Wildman–Crippen MR) is 43.7 cm³/mol. The van der Waals surface area contributed by atoms with Crippen molar-refractivity contribution in [2.24, 2.45) is 5.73 Å². The van der Waals surface area contributed by atoms with Gasteiger partial charge in [-0.15, -0.1) is 0 Å². The number of aldehydes is 1. The first kappa shape index (κ1) is 7.77. The van der Waals surface area contributed by atoms with E-state index < -0.39 is 5.54 Å². The molecule has 0 bridgehead atoms. The van der Waals surface area contributed by atoms with Crippen molar-refractivity contribution in [3.05, 3.63) is 23.8 Å². The second kappa shape index (κ2) is 2.73. The minimum absolute atomic E-state index is 0.562. The summed E-state index contributed by atoms with van der Waals surface area (Å²) in [6, 6.07) is 0. The second-order valence-electron chi connectivity index (χ2n) is 2.65. The molecule has 0 heterocycles. The highest BCUT2D eigenvalue weighted by Crippen LogP contribution is 2.05. The van der Waals surface area contributed by atoms with Crippen molar-refractivity contribution >= 4 is 6.29 Å². The van der Waals surface area contributed by atoms with Crippen LogP contribution < -0.4 is 5.73 Å². The van der Waals surface area contributed by atoms with E-state index in [9.17, 15) is 4.79 Å². The van der Waals surface area contributed by atoms with Crippen LogP contribution in [-0.2, 0) is 4.79 Å². The van der Waals surface area contributed by atoms with Crippen molar-refractivity contribution < 1.29 is 4.79 Å². The number of carbonyl (C=O) groups excluding carboxylic acids is 1. The fourth-order valence-corrected chi connectivity index (χ4v) is 0.707. The van der Waals surface area contributed by atoms with Gasteiger partial charge in [0.15, 0.2) is 6.29 Å². The lowest BCUT2D eigenvalue weighted by atomic mass is 10.1. The molecule has 1 aliphatic rings. The summed E-state index contributed by atoms with van der Waals surface area (Å²) in [4.78, 5) is 10.3. The first-order valence-electron chi connectivity index (χ1n) is 3.30. The van der Waals surface area contributed by atoms with E-state index >= 15 is 0 Å². The van der Waals surface area contributed by atoms with Gasteiger partial charge in [-0.2, -0.15) is 0 Å². The SMILES string of the molecule is CC1(N)C#CC=C(C=O)C=C1. The third-order valence-electron chi connectivity index (χ3n) is 1.34. The van der Waals surface area contributed by atoms with Crippen LogP contribution in [0, 0.1) is 11.8 Å². The highest BCUT2D eigenvalue weighted by atomic mass is 16.1. The van der Waals surface area contributed by atoms with Crippen LogP contribution in [0.15, 0.2) is 23.8 Å². The fraction of sp³-hybridized carbons (Fsp3) is 0.222. The van der Waals surface area contributed by atoms with E-state index in [1.54, 1.807) is 25.2 Å². The van der Waals surface area contributed by atoms with Gasteiger partial charge >= 0.3 is 0 Å². The molecule has 1 rings (SSSR count). The second-order valence-corrected chi connectivity index (χ2v) is 2.65. The van der Waals surface area contributed by atoms with E-state index in [0.29, 0.717) is 5.57 Å². The molecule has 1 aliphatic carbocycles. The van der Waals surface area contributed by atoms with Crippen LogP contribution >= 0.6 is 0 Å². The summed E-state index contributed by atoms with van der Waals surface area (Å²) in [5.74, 6) is 5.50. The molecule has 11 heavy (non-hydrogen) atoms. The minimum atomic E-state index is -0.610. The van der Waals surface area contributed by atoms with E-state index in [2.05, 4.69) is 11.8 Å². The highest BCUT2D eigenvalue weighted by molar-refractivity contribution is 5.79. The van der Waals surface area contributed by atoms with E-state index in [4.69, 9.17) is 5.73 Å². The van der Waals surface area contributed by atoms with Crippen molar-refractivity contribution in [1.29, 1.82) is 0 Å². The van der Waals surface area contributed by atoms with Crippen molar-refractivity contribution in [3.63, 3.8) is 0 Å². The number of nitrogens with two attached hydrogens (primary N) is 1. The highest BCUT2D eigenvalue weighted by Gasteiger charge is 2.10. The van der Waals surface area contributed by atoms with Gasteiger partial charge in [-0.1, -0.05) is 24.0 Å². The van der Waals surface area contributed by atoms with E-state index in [1.165, 1.54) is 0 Å². The molecule has 2 heteroatoms. The Bertz CT molecular complexity index is 286. The number of carbonyl (C=O) groups is 1. The van der Waals surface area contributed by atoms with Crippen LogP contribution in [0.2, 0.25) is 0 Å². The maximum absolute atomic E-state index is 10.3. The largest absolute Gasteiger partial charge is 0.312 e. The molecule has 0 fully saturated rings. The van der Waals surface area contributed by atoms with Crippen molar-refractivity contribution in [2.75, 3.05) is 0 Å². The van der Waals surface area contributed by atoms with Gasteiger partial charge in [-0.25, -0.2) is 0 Å². The van der Waals surface area contributed by atoms with Gasteiger partial charge in [0.2, 0.25) is 0 Å². The summed E-state index contributed by atoms with van der Waals surface area (Å²) in [7, 11) is 0. The molecule has 2 nitrogen and oxygen atoms in total. The lowest BCUT2D eigenvalue weighted by molar-refractivity contribution is -0.104. The van der Waals surface area contributed by atoms with Crippen LogP contribution in [-0.4, -0.2) is 11.8 Å². The standard InChI is InChI=1S/C9H9NO/c1-9(10)5-2-3-8(7-11)4-6-9/h3-4,6-7H,10H2,1H3. The molecular weight excluding hydrogens is 138 g/mol. The minimum Gasteiger partial charge on any atom is -0.312 e. The molecule has 2 N–H and O–H groups in total. The van der Waals surface area contributed by atoms with Crippen LogP contribution in [0.25, 0.3) is 0 Å². The fourth-order valence-electron chi connectivity index (χ4n) is 0.707. The molecule has 0 radical (unpaired) electrons. The van der Waals surface area contributed by atoms with Gasteiger partial charge in [0.25, 0.3) is 0 Å². The van der Waals surface area contributed by atoms with E-state index in [0.717, 1.165) is 6.29 Å². The van der Waals surface area contributed by atoms with E-state index in [1.807, 2.05) is 0 Å². The first-order chi connectivity index (χ1) is 5.14. The van der Waals surface area contributed by atoms with Crippen molar-refractivity contribution in [2.45, 2.75) is 12.5 Å². The lowest BCUT2D eigenvalue weighted by Gasteiger charge is -2.09. The molecule has 1 unspecified atom stereocenters. The van der Waals surface area contributed by atoms with Crippen LogP contribution in [0.4, 0.5) is 0 Å². The average Bonchev–Trinajstić information content (AvgIpc) is 2.10. The molecule has 1 atom stereocenters. The maximum Gasteiger partial charge on any atom is 0.150 e. The third-order valence-corrected chi connectivity index (χ3v) is 1.34. The Morgan fingerprint density at radius 3 is 3.09 bits per heavy atom. The Kier molecular flexibility index (Phi) is 1.93. The Hall–Kier alpha value is -1.33. The zero-order valence-corrected chi connectivity index (χ0v) is 6.29. The van der Waals surface area contributed by atoms with Crippen LogP contribution in [0.3, 0.4) is 0 Å². The Morgan fingerprint density at radius 1 is 1.73 bits per heavy atom. The lowest BCUT2D eigenvalue weighted by Crippen LogP contribution is -2.31. The Morgan fingerprint density at radius 2 is 2.45 bits per heavy atom. The van der Waals surface area contributed by atoms with Crippen molar-refractivity contribution in [1.82, 2.24) is 0 Å². The van der Waals surface area contributed by atoms with Gasteiger partial charge in [0.1, 0.15) is 0 Å². The number of rotatable bonds is 1. The predicted octanol–water partition coefficient (Wildman–Crippen LogP) is 0.402. The summed E-state index contributed by atoms with van der Waals surface area (Å²) >= 11 is 0. The topological polar surface area (TPSA) is 43.1 Å². The molecule has 0 saturated heterocycles. The molecule has 0 aromatic heterocycles. The summed E-state index contributed by atoms with van der Waals surface area (Å²) in [6.45, 7) is 1.79. The molecule has 0 amide bonds. The Labute approximate surface area is 65.8 Å². The number of hydrogen-bond acceptors (Lipinski definition) is 2. The van der Waals surface area contributed by atoms with Crippen LogP contribution in [0.1, 0.15) is 6.92 Å². The summed E-state index contributed by atoms with van der Waals surface area (Å²) in [6.07, 6.45) is 5.70. The Balaban J connectivity index is 2.96. The van der Waals surface area contributed by atoms with Gasteiger partial charge in [0.05, 0.1) is 5.54 Å². The monoisotopic (exact) mass is 147 g/mol. The van der Waals surface area contributed by atoms with Crippen LogP contribution in [0.5, 0.6) is 0 Å². The summed E-state index contributed by atoms with van der Waals surface area (Å²) in [5, 5.41) is 0. The maximum atomic E-state index is 10.3. The van der Waals surface area contributed by atoms with Gasteiger partial charge < -0.3 is 5.73 Å². The summed E-state index contributed by atoms with van der Waals surface area (Å²) in [5.41, 5.74) is 5.64. The molecule has 56 valence electrons. The zero-order chi connectivity index (χ0) is 8.32.